The molecule has 2 aromatic heterocycles. The summed E-state index contributed by atoms with van der Waals surface area (Å²) in [6.07, 6.45) is 3.67. The van der Waals surface area contributed by atoms with Crippen LogP contribution in [0.2, 0.25) is 0 Å². The molecule has 1 atom stereocenters. The van der Waals surface area contributed by atoms with Crippen molar-refractivity contribution in [1.82, 2.24) is 9.55 Å². The molecule has 0 spiro atoms. The second kappa shape index (κ2) is 6.49. The van der Waals surface area contributed by atoms with E-state index in [1.807, 2.05) is 17.9 Å². The van der Waals surface area contributed by atoms with Gasteiger partial charge in [0.25, 0.3) is 5.56 Å². The van der Waals surface area contributed by atoms with Crippen molar-refractivity contribution in [2.45, 2.75) is 19.5 Å². The van der Waals surface area contributed by atoms with Crippen molar-refractivity contribution >= 4 is 17.0 Å². The summed E-state index contributed by atoms with van der Waals surface area (Å²) in [6.45, 7) is 3.14. The van der Waals surface area contributed by atoms with Crippen LogP contribution in [0.25, 0.3) is 0 Å². The summed E-state index contributed by atoms with van der Waals surface area (Å²) >= 11 is 1.61. The minimum atomic E-state index is -0.0203. The van der Waals surface area contributed by atoms with E-state index in [2.05, 4.69) is 17.2 Å². The van der Waals surface area contributed by atoms with Gasteiger partial charge < -0.3 is 14.6 Å². The van der Waals surface area contributed by atoms with Crippen LogP contribution in [-0.2, 0) is 11.3 Å². The van der Waals surface area contributed by atoms with E-state index in [-0.39, 0.29) is 11.6 Å². The lowest BCUT2D eigenvalue weighted by Gasteiger charge is -2.14. The average molecular weight is 279 g/mol. The predicted octanol–water partition coefficient (Wildman–Crippen LogP) is 2.12. The number of pyridine rings is 1. The Balaban J connectivity index is 2.10. The smallest absolute Gasteiger partial charge is 0.250 e. The fraction of sp³-hybridized carbons (Fsp3) is 0.385. The van der Waals surface area contributed by atoms with Gasteiger partial charge >= 0.3 is 0 Å². The minimum absolute atomic E-state index is 0.0203. The summed E-state index contributed by atoms with van der Waals surface area (Å²) < 4.78 is 6.64. The summed E-state index contributed by atoms with van der Waals surface area (Å²) in [4.78, 5) is 16.9. The van der Waals surface area contributed by atoms with Crippen molar-refractivity contribution in [3.63, 3.8) is 0 Å². The van der Waals surface area contributed by atoms with Gasteiger partial charge in [-0.25, -0.2) is 0 Å². The second-order valence-electron chi connectivity index (χ2n) is 4.21. The van der Waals surface area contributed by atoms with Crippen molar-refractivity contribution < 1.29 is 4.74 Å². The standard InChI is InChI=1S/C13H17N3O2S/c1-10(12-7-14-9-19-12)15-11-3-4-13(17)16(8-11)5-6-18-2/h3-4,7-10,15H,5-6H2,1-2H3. The molecule has 1 unspecified atom stereocenters. The molecular weight excluding hydrogens is 262 g/mol. The molecule has 0 aliphatic heterocycles. The van der Waals surface area contributed by atoms with Crippen LogP contribution in [0.15, 0.2) is 34.8 Å². The highest BCUT2D eigenvalue weighted by Crippen LogP contribution is 2.21. The Morgan fingerprint density at radius 2 is 2.37 bits per heavy atom. The van der Waals surface area contributed by atoms with E-state index in [1.54, 1.807) is 35.1 Å². The molecule has 0 bridgehead atoms. The maximum Gasteiger partial charge on any atom is 0.250 e. The third kappa shape index (κ3) is 3.65. The monoisotopic (exact) mass is 279 g/mol. The van der Waals surface area contributed by atoms with Gasteiger partial charge in [0.1, 0.15) is 0 Å². The van der Waals surface area contributed by atoms with Gasteiger partial charge in [-0.1, -0.05) is 0 Å². The fourth-order valence-corrected chi connectivity index (χ4v) is 2.37. The third-order valence-corrected chi connectivity index (χ3v) is 3.74. The minimum Gasteiger partial charge on any atom is -0.383 e. The number of ether oxygens (including phenoxy) is 1. The summed E-state index contributed by atoms with van der Waals surface area (Å²) in [5.41, 5.74) is 2.71. The highest BCUT2D eigenvalue weighted by molar-refractivity contribution is 7.09. The van der Waals surface area contributed by atoms with Crippen LogP contribution in [0.4, 0.5) is 5.69 Å². The van der Waals surface area contributed by atoms with E-state index < -0.39 is 0 Å². The molecule has 0 aliphatic carbocycles. The van der Waals surface area contributed by atoms with Crippen LogP contribution in [0.3, 0.4) is 0 Å². The lowest BCUT2D eigenvalue weighted by Crippen LogP contribution is -2.21. The molecule has 1 N–H and O–H groups in total. The first-order valence-corrected chi connectivity index (χ1v) is 6.93. The van der Waals surface area contributed by atoms with Crippen LogP contribution in [0.1, 0.15) is 17.8 Å². The number of hydrogen-bond donors (Lipinski definition) is 1. The van der Waals surface area contributed by atoms with E-state index in [0.29, 0.717) is 13.2 Å². The molecule has 0 saturated carbocycles. The maximum atomic E-state index is 11.7. The van der Waals surface area contributed by atoms with Crippen LogP contribution >= 0.6 is 11.3 Å². The Kier molecular flexibility index (Phi) is 4.70. The Hall–Kier alpha value is -1.66. The van der Waals surface area contributed by atoms with Gasteiger partial charge in [0.05, 0.1) is 23.8 Å². The molecule has 0 aliphatic rings. The van der Waals surface area contributed by atoms with Crippen molar-refractivity contribution in [2.24, 2.45) is 0 Å². The molecule has 0 aromatic carbocycles. The second-order valence-corrected chi connectivity index (χ2v) is 5.13. The first-order valence-electron chi connectivity index (χ1n) is 6.05. The number of aromatic nitrogens is 2. The van der Waals surface area contributed by atoms with Crippen molar-refractivity contribution in [3.8, 4) is 0 Å². The lowest BCUT2D eigenvalue weighted by molar-refractivity contribution is 0.186. The van der Waals surface area contributed by atoms with Gasteiger partial charge in [-0.2, -0.15) is 0 Å². The SMILES string of the molecule is COCCn1cc(NC(C)c2cncs2)ccc1=O. The number of methoxy groups -OCH3 is 1. The Bertz CT molecular complexity index is 566. The average Bonchev–Trinajstić information content (AvgIpc) is 2.93. The third-order valence-electron chi connectivity index (χ3n) is 2.78. The van der Waals surface area contributed by atoms with Crippen molar-refractivity contribution in [3.05, 3.63) is 45.3 Å². The van der Waals surface area contributed by atoms with Gasteiger partial charge in [0, 0.05) is 37.0 Å². The van der Waals surface area contributed by atoms with Gasteiger partial charge in [-0.05, 0) is 13.0 Å². The molecule has 2 rings (SSSR count). The predicted molar refractivity (Wildman–Crippen MR) is 76.7 cm³/mol. The number of anilines is 1. The van der Waals surface area contributed by atoms with E-state index in [9.17, 15) is 4.79 Å². The topological polar surface area (TPSA) is 56.1 Å². The first kappa shape index (κ1) is 13.8. The molecule has 0 radical (unpaired) electrons. The zero-order valence-electron chi connectivity index (χ0n) is 11.0. The van der Waals surface area contributed by atoms with Crippen LogP contribution in [0.5, 0.6) is 0 Å². The van der Waals surface area contributed by atoms with Gasteiger partial charge in [-0.15, -0.1) is 11.3 Å². The number of thiazole rings is 1. The number of nitrogens with zero attached hydrogens (tertiary/aromatic N) is 2. The van der Waals surface area contributed by atoms with E-state index in [0.717, 1.165) is 10.6 Å². The summed E-state index contributed by atoms with van der Waals surface area (Å²) in [5, 5.41) is 3.36. The van der Waals surface area contributed by atoms with Crippen LogP contribution < -0.4 is 10.9 Å². The molecular formula is C13H17N3O2S. The molecule has 0 saturated heterocycles. The molecule has 2 heterocycles. The highest BCUT2D eigenvalue weighted by Gasteiger charge is 2.07. The van der Waals surface area contributed by atoms with E-state index >= 15 is 0 Å². The Labute approximate surface area is 115 Å². The van der Waals surface area contributed by atoms with Crippen molar-refractivity contribution in [2.75, 3.05) is 19.0 Å². The van der Waals surface area contributed by atoms with Crippen LogP contribution in [-0.4, -0.2) is 23.3 Å². The molecule has 0 fully saturated rings. The molecule has 6 heteroatoms. The number of nitrogens with one attached hydrogen (secondary N) is 1. The quantitative estimate of drug-likeness (QED) is 0.880. The molecule has 2 aromatic rings. The van der Waals surface area contributed by atoms with E-state index in [4.69, 9.17) is 4.74 Å². The lowest BCUT2D eigenvalue weighted by atomic mass is 10.3. The number of hydrogen-bond acceptors (Lipinski definition) is 5. The van der Waals surface area contributed by atoms with Gasteiger partial charge in [0.15, 0.2) is 0 Å². The summed E-state index contributed by atoms with van der Waals surface area (Å²) in [7, 11) is 1.62. The number of rotatable bonds is 6. The normalized spacial score (nSPS) is 12.3. The largest absolute Gasteiger partial charge is 0.383 e. The summed E-state index contributed by atoms with van der Waals surface area (Å²) in [5.74, 6) is 0. The maximum absolute atomic E-state index is 11.7. The van der Waals surface area contributed by atoms with Crippen LogP contribution in [0, 0.1) is 0 Å². The molecule has 0 amide bonds. The fourth-order valence-electron chi connectivity index (χ4n) is 1.74. The summed E-state index contributed by atoms with van der Waals surface area (Å²) in [6, 6.07) is 3.53. The Morgan fingerprint density at radius 3 is 3.05 bits per heavy atom. The zero-order chi connectivity index (χ0) is 13.7. The Morgan fingerprint density at radius 1 is 1.53 bits per heavy atom. The molecule has 19 heavy (non-hydrogen) atoms. The zero-order valence-corrected chi connectivity index (χ0v) is 11.8. The van der Waals surface area contributed by atoms with Gasteiger partial charge in [0.2, 0.25) is 0 Å². The van der Waals surface area contributed by atoms with Crippen molar-refractivity contribution in [1.29, 1.82) is 0 Å². The van der Waals surface area contributed by atoms with Gasteiger partial charge in [-0.3, -0.25) is 9.78 Å². The first-order chi connectivity index (χ1) is 9.20. The molecule has 102 valence electrons. The van der Waals surface area contributed by atoms with E-state index in [1.165, 1.54) is 0 Å². The highest BCUT2D eigenvalue weighted by atomic mass is 32.1. The molecule has 5 nitrogen and oxygen atoms in total.